The Balaban J connectivity index is 2.06. The van der Waals surface area contributed by atoms with Crippen molar-refractivity contribution in [3.8, 4) is 5.75 Å². The quantitative estimate of drug-likeness (QED) is 0.551. The van der Waals surface area contributed by atoms with Gasteiger partial charge in [0, 0.05) is 11.9 Å². The summed E-state index contributed by atoms with van der Waals surface area (Å²) < 4.78 is 0. The third-order valence-electron chi connectivity index (χ3n) is 3.94. The van der Waals surface area contributed by atoms with Crippen LogP contribution in [0.2, 0.25) is 0 Å². The van der Waals surface area contributed by atoms with E-state index in [4.69, 9.17) is 0 Å². The summed E-state index contributed by atoms with van der Waals surface area (Å²) in [5.74, 6) is -0.481. The number of hydrogen-bond donors (Lipinski definition) is 1. The smallest absolute Gasteiger partial charge is 0.255 e. The van der Waals surface area contributed by atoms with Crippen LogP contribution >= 0.6 is 0 Å². The van der Waals surface area contributed by atoms with E-state index in [2.05, 4.69) is 12.2 Å². The molecule has 0 bridgehead atoms. The van der Waals surface area contributed by atoms with Gasteiger partial charge in [-0.2, -0.15) is 0 Å². The zero-order valence-corrected chi connectivity index (χ0v) is 12.6. The van der Waals surface area contributed by atoms with E-state index in [1.165, 1.54) is 0 Å². The minimum absolute atomic E-state index is 0.197. The normalized spacial score (nSPS) is 11.0. The van der Waals surface area contributed by atoms with Crippen molar-refractivity contribution in [3.63, 3.8) is 0 Å². The molecule has 3 aromatic carbocycles. The van der Waals surface area contributed by atoms with Gasteiger partial charge in [0.1, 0.15) is 0 Å². The molecule has 3 rings (SSSR count). The second kappa shape index (κ2) is 6.06. The molecular formula is C19H18NO2. The van der Waals surface area contributed by atoms with Gasteiger partial charge in [0.25, 0.3) is 5.91 Å². The summed E-state index contributed by atoms with van der Waals surface area (Å²) in [6.45, 7) is 2.66. The van der Waals surface area contributed by atoms with Gasteiger partial charge in [-0.1, -0.05) is 49.7 Å². The lowest BCUT2D eigenvalue weighted by Gasteiger charge is -2.09. The molecule has 111 valence electrons. The maximum absolute atomic E-state index is 12.6. The van der Waals surface area contributed by atoms with E-state index >= 15 is 0 Å². The van der Waals surface area contributed by atoms with E-state index in [-0.39, 0.29) is 17.2 Å². The van der Waals surface area contributed by atoms with E-state index in [9.17, 15) is 9.90 Å². The lowest BCUT2D eigenvalue weighted by Crippen LogP contribution is -2.24. The van der Waals surface area contributed by atoms with Crippen LogP contribution in [0.5, 0.6) is 5.75 Å². The Morgan fingerprint density at radius 1 is 0.955 bits per heavy atom. The van der Waals surface area contributed by atoms with Gasteiger partial charge in [0.2, 0.25) is 0 Å². The van der Waals surface area contributed by atoms with Gasteiger partial charge in [0.05, 0.1) is 5.56 Å². The molecule has 3 nitrogen and oxygen atoms in total. The molecule has 0 spiro atoms. The number of carbonyl (C=O) groups is 1. The minimum Gasteiger partial charge on any atom is -0.352 e. The first-order valence-electron chi connectivity index (χ1n) is 7.62. The molecule has 0 aromatic heterocycles. The number of unbranched alkanes of at least 4 members (excludes halogenated alkanes) is 1. The van der Waals surface area contributed by atoms with Gasteiger partial charge in [-0.3, -0.25) is 9.90 Å². The van der Waals surface area contributed by atoms with E-state index < -0.39 is 0 Å². The molecule has 0 saturated carbocycles. The molecule has 0 unspecified atom stereocenters. The van der Waals surface area contributed by atoms with Crippen molar-refractivity contribution >= 4 is 27.5 Å². The third-order valence-corrected chi connectivity index (χ3v) is 3.94. The molecule has 0 heterocycles. The summed E-state index contributed by atoms with van der Waals surface area (Å²) in [5.41, 5.74) is 0.221. The van der Waals surface area contributed by atoms with Crippen molar-refractivity contribution in [2.24, 2.45) is 0 Å². The molecule has 3 aromatic rings. The van der Waals surface area contributed by atoms with Gasteiger partial charge in [0.15, 0.2) is 5.75 Å². The number of hydrogen-bond acceptors (Lipinski definition) is 1. The maximum atomic E-state index is 12.6. The predicted octanol–water partition coefficient (Wildman–Crippen LogP) is 4.67. The average molecular weight is 292 g/mol. The lowest BCUT2D eigenvalue weighted by molar-refractivity contribution is 0.0949. The van der Waals surface area contributed by atoms with Gasteiger partial charge in [-0.15, -0.1) is 0 Å². The molecule has 1 N–H and O–H groups in total. The Morgan fingerprint density at radius 3 is 2.55 bits per heavy atom. The average Bonchev–Trinajstić information content (AvgIpc) is 2.55. The number of carbonyl (C=O) groups excluding carboxylic acids is 1. The van der Waals surface area contributed by atoms with Crippen molar-refractivity contribution in [1.82, 2.24) is 5.32 Å². The molecule has 0 aliphatic rings. The summed E-state index contributed by atoms with van der Waals surface area (Å²) in [5, 5.41) is 19.0. The molecule has 3 heteroatoms. The van der Waals surface area contributed by atoms with Crippen molar-refractivity contribution in [1.29, 1.82) is 0 Å². The van der Waals surface area contributed by atoms with Crippen molar-refractivity contribution in [2.45, 2.75) is 19.8 Å². The largest absolute Gasteiger partial charge is 0.352 e. The molecule has 0 aliphatic carbocycles. The highest BCUT2D eigenvalue weighted by Gasteiger charge is 2.16. The molecule has 0 fully saturated rings. The summed E-state index contributed by atoms with van der Waals surface area (Å²) in [4.78, 5) is 12.1. The zero-order chi connectivity index (χ0) is 15.5. The number of benzene rings is 3. The number of fused-ring (bicyclic) bond motifs is 3. The molecular weight excluding hydrogens is 274 g/mol. The van der Waals surface area contributed by atoms with Gasteiger partial charge >= 0.3 is 0 Å². The Kier molecular flexibility index (Phi) is 3.96. The third kappa shape index (κ3) is 2.50. The second-order valence-corrected chi connectivity index (χ2v) is 5.43. The Hall–Kier alpha value is -2.55. The first-order valence-corrected chi connectivity index (χ1v) is 7.62. The second-order valence-electron chi connectivity index (χ2n) is 5.43. The fraction of sp³-hybridized carbons (Fsp3) is 0.211. The van der Waals surface area contributed by atoms with E-state index in [1.54, 1.807) is 6.07 Å². The minimum atomic E-state index is -0.284. The summed E-state index contributed by atoms with van der Waals surface area (Å²) in [6.07, 6.45) is 1.92. The van der Waals surface area contributed by atoms with Gasteiger partial charge < -0.3 is 5.32 Å². The van der Waals surface area contributed by atoms with Crippen LogP contribution in [-0.2, 0) is 5.11 Å². The predicted molar refractivity (Wildman–Crippen MR) is 88.8 cm³/mol. The highest BCUT2D eigenvalue weighted by molar-refractivity contribution is 6.12. The first kappa shape index (κ1) is 14.4. The fourth-order valence-electron chi connectivity index (χ4n) is 2.71. The van der Waals surface area contributed by atoms with Crippen LogP contribution in [0.3, 0.4) is 0 Å². The number of amides is 1. The van der Waals surface area contributed by atoms with Crippen LogP contribution in [0, 0.1) is 0 Å². The van der Waals surface area contributed by atoms with E-state index in [1.807, 2.05) is 42.5 Å². The molecule has 1 amide bonds. The lowest BCUT2D eigenvalue weighted by atomic mass is 9.99. The first-order chi connectivity index (χ1) is 10.7. The van der Waals surface area contributed by atoms with Crippen LogP contribution in [-0.4, -0.2) is 12.5 Å². The Labute approximate surface area is 129 Å². The summed E-state index contributed by atoms with van der Waals surface area (Å²) in [7, 11) is 0. The van der Waals surface area contributed by atoms with E-state index in [0.717, 1.165) is 29.0 Å². The fourth-order valence-corrected chi connectivity index (χ4v) is 2.71. The van der Waals surface area contributed by atoms with Crippen molar-refractivity contribution in [2.75, 3.05) is 6.54 Å². The molecule has 1 radical (unpaired) electrons. The van der Waals surface area contributed by atoms with Crippen LogP contribution in [0.1, 0.15) is 30.1 Å². The topological polar surface area (TPSA) is 49.0 Å². The molecule has 0 aliphatic heterocycles. The van der Waals surface area contributed by atoms with Crippen molar-refractivity contribution in [3.05, 3.63) is 54.1 Å². The summed E-state index contributed by atoms with van der Waals surface area (Å²) in [6, 6.07) is 15.2. The molecule has 0 atom stereocenters. The van der Waals surface area contributed by atoms with Crippen molar-refractivity contribution < 1.29 is 9.90 Å². The molecule has 22 heavy (non-hydrogen) atoms. The van der Waals surface area contributed by atoms with Crippen LogP contribution in [0.15, 0.2) is 48.5 Å². The van der Waals surface area contributed by atoms with Gasteiger partial charge in [-0.05, 0) is 34.7 Å². The monoisotopic (exact) mass is 292 g/mol. The standard InChI is InChI=1S/C19H18NO2/c1-2-3-12-20-19(22)17-11-10-15-14-7-5-4-6-13(14)8-9-16(15)18(17)21/h4-11H,2-3,12H2,1H3,(H,20,22). The van der Waals surface area contributed by atoms with Crippen LogP contribution in [0.25, 0.3) is 21.5 Å². The van der Waals surface area contributed by atoms with Gasteiger partial charge in [-0.25, -0.2) is 0 Å². The highest BCUT2D eigenvalue weighted by atomic mass is 16.3. The van der Waals surface area contributed by atoms with Crippen LogP contribution in [0.4, 0.5) is 0 Å². The highest BCUT2D eigenvalue weighted by Crippen LogP contribution is 2.34. The molecule has 0 saturated heterocycles. The number of rotatable bonds is 4. The van der Waals surface area contributed by atoms with Crippen LogP contribution < -0.4 is 5.32 Å². The maximum Gasteiger partial charge on any atom is 0.255 e. The number of nitrogens with one attached hydrogen (secondary N) is 1. The summed E-state index contributed by atoms with van der Waals surface area (Å²) >= 11 is 0. The Bertz CT molecular complexity index is 839. The SMILES string of the molecule is CCCCNC(=O)c1ccc2c(ccc3ccccc32)c1[O]. The Morgan fingerprint density at radius 2 is 1.73 bits per heavy atom. The van der Waals surface area contributed by atoms with E-state index in [0.29, 0.717) is 11.9 Å². The zero-order valence-electron chi connectivity index (χ0n) is 12.6.